The van der Waals surface area contributed by atoms with E-state index in [2.05, 4.69) is 17.2 Å². The van der Waals surface area contributed by atoms with Crippen LogP contribution in [0.5, 0.6) is 0 Å². The van der Waals surface area contributed by atoms with E-state index in [4.69, 9.17) is 16.7 Å². The van der Waals surface area contributed by atoms with Crippen LogP contribution in [0.15, 0.2) is 48.5 Å². The number of aliphatic hydroxyl groups excluding tert-OH is 1. The number of amides is 1. The largest absolute Gasteiger partial charge is 0.395 e. The molecule has 0 unspecified atom stereocenters. The van der Waals surface area contributed by atoms with Crippen molar-refractivity contribution in [1.29, 1.82) is 0 Å². The minimum absolute atomic E-state index is 0.00625. The van der Waals surface area contributed by atoms with Crippen molar-refractivity contribution in [3.63, 3.8) is 0 Å². The van der Waals surface area contributed by atoms with Gasteiger partial charge in [-0.05, 0) is 30.3 Å². The van der Waals surface area contributed by atoms with E-state index in [0.29, 0.717) is 28.3 Å². The van der Waals surface area contributed by atoms with E-state index in [0.717, 1.165) is 0 Å². The van der Waals surface area contributed by atoms with Crippen molar-refractivity contribution in [2.24, 2.45) is 0 Å². The molecule has 0 heterocycles. The van der Waals surface area contributed by atoms with Crippen LogP contribution in [-0.4, -0.2) is 17.6 Å². The summed E-state index contributed by atoms with van der Waals surface area (Å²) in [5.74, 6) is 5.53. The fourth-order valence-electron chi connectivity index (χ4n) is 1.73. The molecule has 0 fully saturated rings. The number of benzene rings is 2. The Labute approximate surface area is 128 Å². The second kappa shape index (κ2) is 7.49. The van der Waals surface area contributed by atoms with Gasteiger partial charge in [0.05, 0.1) is 12.3 Å². The summed E-state index contributed by atoms with van der Waals surface area (Å²) in [5.41, 5.74) is 1.78. The molecule has 0 saturated carbocycles. The van der Waals surface area contributed by atoms with E-state index in [1.165, 1.54) is 0 Å². The SMILES string of the molecule is O=C(Nc1cc(Cl)ccc1C#CCCO)c1ccccc1. The average molecular weight is 300 g/mol. The Kier molecular flexibility index (Phi) is 5.39. The maximum Gasteiger partial charge on any atom is 0.255 e. The molecule has 106 valence electrons. The summed E-state index contributed by atoms with van der Waals surface area (Å²) >= 11 is 5.97. The lowest BCUT2D eigenvalue weighted by atomic mass is 10.1. The number of hydrogen-bond acceptors (Lipinski definition) is 2. The van der Waals surface area contributed by atoms with Crippen molar-refractivity contribution in [2.75, 3.05) is 11.9 Å². The molecule has 0 aliphatic rings. The Morgan fingerprint density at radius 2 is 1.95 bits per heavy atom. The third-order valence-corrected chi connectivity index (χ3v) is 2.96. The van der Waals surface area contributed by atoms with E-state index >= 15 is 0 Å². The fourth-order valence-corrected chi connectivity index (χ4v) is 1.90. The highest BCUT2D eigenvalue weighted by molar-refractivity contribution is 6.31. The van der Waals surface area contributed by atoms with Crippen LogP contribution in [0.2, 0.25) is 5.02 Å². The number of carbonyl (C=O) groups is 1. The highest BCUT2D eigenvalue weighted by Gasteiger charge is 2.08. The molecule has 0 spiro atoms. The molecule has 4 heteroatoms. The number of rotatable bonds is 3. The van der Waals surface area contributed by atoms with E-state index in [-0.39, 0.29) is 12.5 Å². The standard InChI is InChI=1S/C17H14ClNO2/c18-15-10-9-13(6-4-5-11-20)16(12-15)19-17(21)14-7-2-1-3-8-14/h1-3,7-10,12,20H,5,11H2,(H,19,21). The molecule has 3 nitrogen and oxygen atoms in total. The molecule has 0 aromatic heterocycles. The maximum absolute atomic E-state index is 12.2. The molecule has 0 saturated heterocycles. The molecule has 0 atom stereocenters. The third-order valence-electron chi connectivity index (χ3n) is 2.73. The Balaban J connectivity index is 2.25. The second-order valence-electron chi connectivity index (χ2n) is 4.29. The number of hydrogen-bond donors (Lipinski definition) is 2. The lowest BCUT2D eigenvalue weighted by molar-refractivity contribution is 0.102. The van der Waals surface area contributed by atoms with Gasteiger partial charge in [0.2, 0.25) is 0 Å². The monoisotopic (exact) mass is 299 g/mol. The number of nitrogens with one attached hydrogen (secondary N) is 1. The van der Waals surface area contributed by atoms with Crippen LogP contribution in [0.3, 0.4) is 0 Å². The zero-order valence-corrected chi connectivity index (χ0v) is 12.0. The van der Waals surface area contributed by atoms with Crippen LogP contribution in [0.1, 0.15) is 22.3 Å². The van der Waals surface area contributed by atoms with Gasteiger partial charge in [-0.1, -0.05) is 41.6 Å². The highest BCUT2D eigenvalue weighted by Crippen LogP contribution is 2.21. The average Bonchev–Trinajstić information content (AvgIpc) is 2.50. The first-order chi connectivity index (χ1) is 10.2. The number of halogens is 1. The summed E-state index contributed by atoms with van der Waals surface area (Å²) in [6.45, 7) is 0.00625. The van der Waals surface area contributed by atoms with Crippen molar-refractivity contribution >= 4 is 23.2 Å². The molecule has 21 heavy (non-hydrogen) atoms. The summed E-state index contributed by atoms with van der Waals surface area (Å²) in [6.07, 6.45) is 0.384. The van der Waals surface area contributed by atoms with Crippen LogP contribution >= 0.6 is 11.6 Å². The van der Waals surface area contributed by atoms with E-state index in [1.54, 1.807) is 42.5 Å². The zero-order valence-electron chi connectivity index (χ0n) is 11.3. The van der Waals surface area contributed by atoms with Crippen LogP contribution < -0.4 is 5.32 Å². The van der Waals surface area contributed by atoms with Crippen molar-refractivity contribution < 1.29 is 9.90 Å². The van der Waals surface area contributed by atoms with Crippen molar-refractivity contribution in [3.05, 3.63) is 64.7 Å². The molecule has 0 radical (unpaired) electrons. The smallest absolute Gasteiger partial charge is 0.255 e. The van der Waals surface area contributed by atoms with Gasteiger partial charge < -0.3 is 10.4 Å². The van der Waals surface area contributed by atoms with E-state index < -0.39 is 0 Å². The Morgan fingerprint density at radius 1 is 1.19 bits per heavy atom. The minimum atomic E-state index is -0.219. The molecule has 2 aromatic carbocycles. The van der Waals surface area contributed by atoms with Gasteiger partial charge in [-0.15, -0.1) is 0 Å². The second-order valence-corrected chi connectivity index (χ2v) is 4.72. The molecule has 0 aliphatic carbocycles. The normalized spacial score (nSPS) is 9.62. The lowest BCUT2D eigenvalue weighted by Crippen LogP contribution is -2.12. The van der Waals surface area contributed by atoms with Gasteiger partial charge in [0.1, 0.15) is 0 Å². The Bertz CT molecular complexity index is 687. The van der Waals surface area contributed by atoms with Gasteiger partial charge in [0.25, 0.3) is 5.91 Å². The third kappa shape index (κ3) is 4.35. The predicted molar refractivity (Wildman–Crippen MR) is 84.4 cm³/mol. The first-order valence-corrected chi connectivity index (χ1v) is 6.84. The molecule has 0 bridgehead atoms. The van der Waals surface area contributed by atoms with Crippen molar-refractivity contribution in [1.82, 2.24) is 0 Å². The summed E-state index contributed by atoms with van der Waals surface area (Å²) in [5, 5.41) is 12.1. The topological polar surface area (TPSA) is 49.3 Å². The predicted octanol–water partition coefficient (Wildman–Crippen LogP) is 3.33. The van der Waals surface area contributed by atoms with Crippen LogP contribution in [0.4, 0.5) is 5.69 Å². The van der Waals surface area contributed by atoms with E-state index in [9.17, 15) is 4.79 Å². The molecular weight excluding hydrogens is 286 g/mol. The van der Waals surface area contributed by atoms with Gasteiger partial charge in [-0.25, -0.2) is 0 Å². The number of carbonyl (C=O) groups excluding carboxylic acids is 1. The number of aliphatic hydroxyl groups is 1. The Hall–Kier alpha value is -2.28. The summed E-state index contributed by atoms with van der Waals surface area (Å²) in [4.78, 5) is 12.2. The fraction of sp³-hybridized carbons (Fsp3) is 0.118. The zero-order chi connectivity index (χ0) is 15.1. The molecule has 2 rings (SSSR count). The minimum Gasteiger partial charge on any atom is -0.395 e. The Morgan fingerprint density at radius 3 is 2.67 bits per heavy atom. The van der Waals surface area contributed by atoms with Gasteiger partial charge in [-0.3, -0.25) is 4.79 Å². The van der Waals surface area contributed by atoms with Gasteiger partial charge >= 0.3 is 0 Å². The first-order valence-electron chi connectivity index (χ1n) is 6.46. The van der Waals surface area contributed by atoms with Gasteiger partial charge in [-0.2, -0.15) is 0 Å². The number of anilines is 1. The van der Waals surface area contributed by atoms with Crippen molar-refractivity contribution in [2.45, 2.75) is 6.42 Å². The molecular formula is C17H14ClNO2. The van der Waals surface area contributed by atoms with E-state index in [1.807, 2.05) is 6.07 Å². The highest BCUT2D eigenvalue weighted by atomic mass is 35.5. The van der Waals surface area contributed by atoms with Crippen LogP contribution in [-0.2, 0) is 0 Å². The quantitative estimate of drug-likeness (QED) is 0.854. The molecule has 0 aliphatic heterocycles. The molecule has 2 aromatic rings. The lowest BCUT2D eigenvalue weighted by Gasteiger charge is -2.08. The summed E-state index contributed by atoms with van der Waals surface area (Å²) in [6, 6.07) is 14.0. The maximum atomic E-state index is 12.2. The van der Waals surface area contributed by atoms with Crippen LogP contribution in [0.25, 0.3) is 0 Å². The molecule has 2 N–H and O–H groups in total. The molecule has 1 amide bonds. The first kappa shape index (κ1) is 15.1. The van der Waals surface area contributed by atoms with Crippen LogP contribution in [0, 0.1) is 11.8 Å². The summed E-state index contributed by atoms with van der Waals surface area (Å²) < 4.78 is 0. The van der Waals surface area contributed by atoms with Crippen molar-refractivity contribution in [3.8, 4) is 11.8 Å². The summed E-state index contributed by atoms with van der Waals surface area (Å²) in [7, 11) is 0. The van der Waals surface area contributed by atoms with Gasteiger partial charge in [0, 0.05) is 22.6 Å². The van der Waals surface area contributed by atoms with Gasteiger partial charge in [0.15, 0.2) is 0 Å².